The zero-order valence-corrected chi connectivity index (χ0v) is 14.7. The Balaban J connectivity index is 2.16. The van der Waals surface area contributed by atoms with Crippen molar-refractivity contribution in [3.8, 4) is 6.07 Å². The molecule has 2 fully saturated rings. The Morgan fingerprint density at radius 2 is 2.00 bits per heavy atom. The molecule has 0 radical (unpaired) electrons. The Kier molecular flexibility index (Phi) is 7.04. The van der Waals surface area contributed by atoms with E-state index in [0.29, 0.717) is 13.0 Å². The summed E-state index contributed by atoms with van der Waals surface area (Å²) >= 11 is 0. The lowest BCUT2D eigenvalue weighted by Gasteiger charge is -2.36. The number of nitrogens with zero attached hydrogens (tertiary/aromatic N) is 2. The molecule has 6 heteroatoms. The molecule has 2 rings (SSSR count). The van der Waals surface area contributed by atoms with Gasteiger partial charge in [-0.05, 0) is 37.6 Å². The van der Waals surface area contributed by atoms with E-state index in [9.17, 15) is 9.59 Å². The van der Waals surface area contributed by atoms with Crippen LogP contribution in [0.3, 0.4) is 0 Å². The number of carbonyl (C=O) groups is 2. The normalized spacial score (nSPS) is 24.1. The first kappa shape index (κ1) is 18.7. The van der Waals surface area contributed by atoms with Gasteiger partial charge in [0.1, 0.15) is 5.92 Å². The fourth-order valence-electron chi connectivity index (χ4n) is 4.08. The van der Waals surface area contributed by atoms with E-state index in [1.807, 2.05) is 11.8 Å². The lowest BCUT2D eigenvalue weighted by Crippen LogP contribution is -2.51. The van der Waals surface area contributed by atoms with Crippen LogP contribution in [0.25, 0.3) is 0 Å². The van der Waals surface area contributed by atoms with Gasteiger partial charge in [-0.2, -0.15) is 5.26 Å². The third-order valence-corrected chi connectivity index (χ3v) is 5.40. The highest BCUT2D eigenvalue weighted by atomic mass is 16.2. The summed E-state index contributed by atoms with van der Waals surface area (Å²) in [5.41, 5.74) is 5.64. The average Bonchev–Trinajstić information content (AvgIpc) is 3.07. The molecule has 0 aromatic heterocycles. The molecular formula is C18H30N4O2. The van der Waals surface area contributed by atoms with E-state index in [4.69, 9.17) is 11.0 Å². The number of amides is 2. The van der Waals surface area contributed by atoms with Crippen LogP contribution in [-0.2, 0) is 9.59 Å². The van der Waals surface area contributed by atoms with Crippen molar-refractivity contribution in [3.05, 3.63) is 0 Å². The van der Waals surface area contributed by atoms with Gasteiger partial charge < -0.3 is 16.0 Å². The molecule has 2 aliphatic rings. The van der Waals surface area contributed by atoms with Crippen molar-refractivity contribution in [1.82, 2.24) is 10.2 Å². The van der Waals surface area contributed by atoms with Crippen molar-refractivity contribution >= 4 is 11.8 Å². The molecule has 0 spiro atoms. The van der Waals surface area contributed by atoms with Gasteiger partial charge in [0.25, 0.3) is 0 Å². The van der Waals surface area contributed by atoms with Crippen LogP contribution in [0.1, 0.15) is 51.9 Å². The van der Waals surface area contributed by atoms with Crippen LogP contribution >= 0.6 is 0 Å². The van der Waals surface area contributed by atoms with Crippen LogP contribution in [-0.4, -0.2) is 42.4 Å². The monoisotopic (exact) mass is 334 g/mol. The number of carbonyl (C=O) groups excluding carboxylic acids is 2. The maximum atomic E-state index is 13.2. The van der Waals surface area contributed by atoms with Gasteiger partial charge in [-0.3, -0.25) is 9.59 Å². The first-order valence-corrected chi connectivity index (χ1v) is 9.22. The van der Waals surface area contributed by atoms with E-state index in [2.05, 4.69) is 11.4 Å². The molecular weight excluding hydrogens is 304 g/mol. The highest BCUT2D eigenvalue weighted by molar-refractivity contribution is 6.00. The number of hydrogen-bond acceptors (Lipinski definition) is 4. The lowest BCUT2D eigenvalue weighted by atomic mass is 9.78. The second-order valence-electron chi connectivity index (χ2n) is 7.38. The molecule has 1 aliphatic heterocycles. The SMILES string of the molecule is CC(CC#N)CN(C(=O)C(C(N)=O)C1CCCCC1)C1CCNC1. The molecule has 0 aromatic rings. The van der Waals surface area contributed by atoms with Crippen LogP contribution in [0.4, 0.5) is 0 Å². The number of primary amides is 1. The molecule has 1 saturated carbocycles. The van der Waals surface area contributed by atoms with Crippen molar-refractivity contribution in [2.45, 2.75) is 57.9 Å². The standard InChI is InChI=1S/C18H30N4O2/c1-13(7-9-19)12-22(15-8-10-21-11-15)18(24)16(17(20)23)14-5-3-2-4-6-14/h13-16,21H,2-8,10-12H2,1H3,(H2,20,23). The summed E-state index contributed by atoms with van der Waals surface area (Å²) in [5.74, 6) is -1.14. The molecule has 1 saturated heterocycles. The molecule has 1 aliphatic carbocycles. The van der Waals surface area contributed by atoms with E-state index in [1.165, 1.54) is 6.42 Å². The fraction of sp³-hybridized carbons (Fsp3) is 0.833. The van der Waals surface area contributed by atoms with Crippen LogP contribution in [0.2, 0.25) is 0 Å². The van der Waals surface area contributed by atoms with Gasteiger partial charge in [-0.15, -0.1) is 0 Å². The highest BCUT2D eigenvalue weighted by Gasteiger charge is 2.39. The molecule has 3 N–H and O–H groups in total. The minimum Gasteiger partial charge on any atom is -0.369 e. The molecule has 6 nitrogen and oxygen atoms in total. The first-order chi connectivity index (χ1) is 11.5. The van der Waals surface area contributed by atoms with Crippen molar-refractivity contribution < 1.29 is 9.59 Å². The zero-order chi connectivity index (χ0) is 17.5. The Bertz CT molecular complexity index is 476. The van der Waals surface area contributed by atoms with Gasteiger partial charge in [0.05, 0.1) is 6.07 Å². The van der Waals surface area contributed by atoms with Gasteiger partial charge in [-0.1, -0.05) is 26.2 Å². The zero-order valence-electron chi connectivity index (χ0n) is 14.7. The Morgan fingerprint density at radius 3 is 2.54 bits per heavy atom. The van der Waals surface area contributed by atoms with E-state index in [1.54, 1.807) is 0 Å². The minimum atomic E-state index is -0.708. The van der Waals surface area contributed by atoms with Gasteiger partial charge in [-0.25, -0.2) is 0 Å². The third-order valence-electron chi connectivity index (χ3n) is 5.40. The number of hydrogen-bond donors (Lipinski definition) is 2. The van der Waals surface area contributed by atoms with Crippen molar-refractivity contribution in [2.24, 2.45) is 23.5 Å². The summed E-state index contributed by atoms with van der Waals surface area (Å²) in [4.78, 5) is 27.1. The second kappa shape index (κ2) is 9.03. The maximum Gasteiger partial charge on any atom is 0.235 e. The molecule has 24 heavy (non-hydrogen) atoms. The van der Waals surface area contributed by atoms with Gasteiger partial charge in [0.15, 0.2) is 0 Å². The smallest absolute Gasteiger partial charge is 0.235 e. The van der Waals surface area contributed by atoms with Gasteiger partial charge in [0.2, 0.25) is 11.8 Å². The molecule has 2 amide bonds. The quantitative estimate of drug-likeness (QED) is 0.688. The largest absolute Gasteiger partial charge is 0.369 e. The van der Waals surface area contributed by atoms with Crippen molar-refractivity contribution in [1.29, 1.82) is 5.26 Å². The van der Waals surface area contributed by atoms with E-state index < -0.39 is 11.8 Å². The Hall–Kier alpha value is -1.61. The first-order valence-electron chi connectivity index (χ1n) is 9.22. The molecule has 0 bridgehead atoms. The Labute approximate surface area is 144 Å². The summed E-state index contributed by atoms with van der Waals surface area (Å²) < 4.78 is 0. The van der Waals surface area contributed by atoms with Crippen LogP contribution < -0.4 is 11.1 Å². The predicted molar refractivity (Wildman–Crippen MR) is 91.6 cm³/mol. The maximum absolute atomic E-state index is 13.2. The topological polar surface area (TPSA) is 99.2 Å². The number of nitrogens with one attached hydrogen (secondary N) is 1. The Morgan fingerprint density at radius 1 is 1.29 bits per heavy atom. The minimum absolute atomic E-state index is 0.0758. The van der Waals surface area contributed by atoms with Crippen LogP contribution in [0.5, 0.6) is 0 Å². The van der Waals surface area contributed by atoms with Crippen LogP contribution in [0.15, 0.2) is 0 Å². The second-order valence-corrected chi connectivity index (χ2v) is 7.38. The van der Waals surface area contributed by atoms with E-state index in [0.717, 1.165) is 45.2 Å². The lowest BCUT2D eigenvalue weighted by molar-refractivity contribution is -0.146. The molecule has 3 unspecified atom stereocenters. The summed E-state index contributed by atoms with van der Waals surface area (Å²) in [7, 11) is 0. The number of nitriles is 1. The summed E-state index contributed by atoms with van der Waals surface area (Å²) in [5, 5.41) is 12.2. The molecule has 1 heterocycles. The summed E-state index contributed by atoms with van der Waals surface area (Å²) in [6.45, 7) is 4.13. The fourth-order valence-corrected chi connectivity index (χ4v) is 4.08. The van der Waals surface area contributed by atoms with Crippen molar-refractivity contribution in [2.75, 3.05) is 19.6 Å². The summed E-state index contributed by atoms with van der Waals surface area (Å²) in [6.07, 6.45) is 6.42. The molecule has 134 valence electrons. The average molecular weight is 334 g/mol. The number of nitrogens with two attached hydrogens (primary N) is 1. The van der Waals surface area contributed by atoms with Gasteiger partial charge >= 0.3 is 0 Å². The number of rotatable bonds is 7. The van der Waals surface area contributed by atoms with Crippen molar-refractivity contribution in [3.63, 3.8) is 0 Å². The van der Waals surface area contributed by atoms with Crippen LogP contribution in [0, 0.1) is 29.1 Å². The predicted octanol–water partition coefficient (Wildman–Crippen LogP) is 1.41. The third kappa shape index (κ3) is 4.70. The van der Waals surface area contributed by atoms with E-state index >= 15 is 0 Å². The van der Waals surface area contributed by atoms with Gasteiger partial charge in [0, 0.05) is 25.6 Å². The summed E-state index contributed by atoms with van der Waals surface area (Å²) in [6, 6.07) is 2.27. The molecule has 3 atom stereocenters. The highest BCUT2D eigenvalue weighted by Crippen LogP contribution is 2.32. The molecule has 0 aromatic carbocycles. The van der Waals surface area contributed by atoms with E-state index in [-0.39, 0.29) is 23.8 Å².